The van der Waals surface area contributed by atoms with E-state index in [0.717, 1.165) is 0 Å². The second kappa shape index (κ2) is 14.4. The predicted molar refractivity (Wildman–Crippen MR) is 165 cm³/mol. The molecule has 3 atom stereocenters. The van der Waals surface area contributed by atoms with Crippen molar-refractivity contribution in [2.75, 3.05) is 13.2 Å². The highest BCUT2D eigenvalue weighted by Gasteiger charge is 2.40. The van der Waals surface area contributed by atoms with Crippen LogP contribution in [0.15, 0.2) is 60.9 Å². The number of fused-ring (bicyclic) bond motifs is 1. The number of Topliss-reactive ketones (excluding diaryl/α,β-unsaturated/α-hetero) is 1. The lowest BCUT2D eigenvalue weighted by Gasteiger charge is -2.31. The number of hydrogen-bond acceptors (Lipinski definition) is 8. The number of benzene rings is 1. The number of rotatable bonds is 12. The zero-order chi connectivity index (χ0) is 32.7. The van der Waals surface area contributed by atoms with Crippen LogP contribution in [0.2, 0.25) is 0 Å². The van der Waals surface area contributed by atoms with Crippen molar-refractivity contribution in [1.82, 2.24) is 24.9 Å². The average molecular weight is 620 g/mol. The number of aromatic nitrogens is 2. The van der Waals surface area contributed by atoms with Gasteiger partial charge >= 0.3 is 5.97 Å². The Labute approximate surface area is 262 Å². The molecule has 12 nitrogen and oxygen atoms in total. The van der Waals surface area contributed by atoms with Crippen LogP contribution in [0.3, 0.4) is 0 Å². The maximum Gasteiger partial charge on any atom is 0.308 e. The molecule has 240 valence electrons. The molecule has 1 fully saturated rings. The van der Waals surface area contributed by atoms with E-state index >= 15 is 0 Å². The standard InChI is InChI=1S/C33H41N5O7/c1-21(2)29(36-31(42)25-19-34-27-15-9-10-16-37(25)27)32(43)38-17-11-14-24(38)30(41)35-23(18-28(40)45-33(3,4)5)26(39)20-44-22-12-7-6-8-13-22/h6-10,12-13,15-16,19,21,23-24,29H,11,14,17-18,20H2,1-5H3,(H,35,41)(H,36,42)/t23-,24-,29-/m0/s1. The molecule has 1 aromatic carbocycles. The lowest BCUT2D eigenvalue weighted by molar-refractivity contribution is -0.156. The van der Waals surface area contributed by atoms with E-state index in [0.29, 0.717) is 30.8 Å². The number of ketones is 1. The first-order chi connectivity index (χ1) is 21.3. The Morgan fingerprint density at radius 2 is 1.71 bits per heavy atom. The van der Waals surface area contributed by atoms with Crippen molar-refractivity contribution in [3.05, 3.63) is 66.6 Å². The van der Waals surface area contributed by atoms with E-state index in [1.54, 1.807) is 67.8 Å². The average Bonchev–Trinajstić information content (AvgIpc) is 3.65. The van der Waals surface area contributed by atoms with Crippen LogP contribution < -0.4 is 15.4 Å². The van der Waals surface area contributed by atoms with Crippen molar-refractivity contribution in [2.24, 2.45) is 5.92 Å². The first-order valence-electron chi connectivity index (χ1n) is 15.1. The molecule has 0 unspecified atom stereocenters. The number of esters is 1. The van der Waals surface area contributed by atoms with Crippen LogP contribution in [0, 0.1) is 5.92 Å². The molecule has 3 aromatic rings. The number of nitrogens with zero attached hydrogens (tertiary/aromatic N) is 3. The minimum Gasteiger partial charge on any atom is -0.486 e. The van der Waals surface area contributed by atoms with Crippen molar-refractivity contribution in [2.45, 2.75) is 77.6 Å². The molecule has 3 heterocycles. The summed E-state index contributed by atoms with van der Waals surface area (Å²) < 4.78 is 12.6. The molecule has 45 heavy (non-hydrogen) atoms. The van der Waals surface area contributed by atoms with Gasteiger partial charge in [-0.1, -0.05) is 38.1 Å². The minimum absolute atomic E-state index is 0.279. The Morgan fingerprint density at radius 1 is 1.00 bits per heavy atom. The third kappa shape index (κ3) is 8.68. The van der Waals surface area contributed by atoms with Crippen LogP contribution in [0.25, 0.3) is 5.65 Å². The molecule has 0 saturated carbocycles. The molecule has 1 saturated heterocycles. The Kier molecular flexibility index (Phi) is 10.6. The molecule has 1 aliphatic rings. The maximum atomic E-state index is 13.8. The number of imidazole rings is 1. The predicted octanol–water partition coefficient (Wildman–Crippen LogP) is 2.94. The molecular formula is C33H41N5O7. The van der Waals surface area contributed by atoms with E-state index in [2.05, 4.69) is 15.6 Å². The molecule has 2 aromatic heterocycles. The van der Waals surface area contributed by atoms with Crippen LogP contribution >= 0.6 is 0 Å². The highest BCUT2D eigenvalue weighted by atomic mass is 16.6. The SMILES string of the molecule is CC(C)[C@H](NC(=O)c1cnc2ccccn12)C(=O)N1CCC[C@H]1C(=O)N[C@@H](CC(=O)OC(C)(C)C)C(=O)COc1ccccc1. The molecule has 12 heteroatoms. The fourth-order valence-electron chi connectivity index (χ4n) is 5.15. The van der Waals surface area contributed by atoms with Gasteiger partial charge in [0.25, 0.3) is 5.91 Å². The minimum atomic E-state index is -1.23. The van der Waals surface area contributed by atoms with E-state index in [-0.39, 0.29) is 18.2 Å². The van der Waals surface area contributed by atoms with Crippen molar-refractivity contribution >= 4 is 35.1 Å². The summed E-state index contributed by atoms with van der Waals surface area (Å²) in [7, 11) is 0. The quantitative estimate of drug-likeness (QED) is 0.294. The zero-order valence-electron chi connectivity index (χ0n) is 26.3. The van der Waals surface area contributed by atoms with Crippen LogP contribution in [0.4, 0.5) is 0 Å². The maximum absolute atomic E-state index is 13.8. The van der Waals surface area contributed by atoms with Crippen LogP contribution in [-0.4, -0.2) is 80.6 Å². The van der Waals surface area contributed by atoms with Gasteiger partial charge < -0.3 is 25.0 Å². The van der Waals surface area contributed by atoms with Crippen molar-refractivity contribution < 1.29 is 33.4 Å². The van der Waals surface area contributed by atoms with Gasteiger partial charge in [-0.25, -0.2) is 4.98 Å². The molecular weight excluding hydrogens is 578 g/mol. The molecule has 3 amide bonds. The van der Waals surface area contributed by atoms with Gasteiger partial charge in [-0.15, -0.1) is 0 Å². The summed E-state index contributed by atoms with van der Waals surface area (Å²) in [6, 6.07) is 11.0. The lowest BCUT2D eigenvalue weighted by Crippen LogP contribution is -2.57. The van der Waals surface area contributed by atoms with Gasteiger partial charge in [-0.3, -0.25) is 28.4 Å². The normalized spacial score (nSPS) is 16.2. The highest BCUT2D eigenvalue weighted by Crippen LogP contribution is 2.22. The van der Waals surface area contributed by atoms with Gasteiger partial charge in [-0.2, -0.15) is 0 Å². The largest absolute Gasteiger partial charge is 0.486 e. The fraction of sp³-hybridized carbons (Fsp3) is 0.455. The van der Waals surface area contributed by atoms with E-state index in [4.69, 9.17) is 9.47 Å². The number of amides is 3. The van der Waals surface area contributed by atoms with Gasteiger partial charge in [0.15, 0.2) is 5.78 Å². The summed E-state index contributed by atoms with van der Waals surface area (Å²) in [5, 5.41) is 5.52. The number of ether oxygens (including phenoxy) is 2. The third-order valence-corrected chi connectivity index (χ3v) is 7.33. The highest BCUT2D eigenvalue weighted by molar-refractivity contribution is 5.99. The Bertz CT molecular complexity index is 1530. The molecule has 0 radical (unpaired) electrons. The lowest BCUT2D eigenvalue weighted by atomic mass is 10.0. The van der Waals surface area contributed by atoms with Crippen LogP contribution in [0.1, 0.15) is 64.4 Å². The second-order valence-electron chi connectivity index (χ2n) is 12.4. The van der Waals surface area contributed by atoms with Gasteiger partial charge in [0, 0.05) is 12.7 Å². The van der Waals surface area contributed by atoms with E-state index < -0.39 is 59.6 Å². The Morgan fingerprint density at radius 3 is 2.40 bits per heavy atom. The molecule has 0 spiro atoms. The number of nitrogens with one attached hydrogen (secondary N) is 2. The molecule has 0 aliphatic carbocycles. The molecule has 0 bridgehead atoms. The van der Waals surface area contributed by atoms with Crippen LogP contribution in [0.5, 0.6) is 5.75 Å². The summed E-state index contributed by atoms with van der Waals surface area (Å²) >= 11 is 0. The van der Waals surface area contributed by atoms with E-state index in [1.165, 1.54) is 11.1 Å². The Hall–Kier alpha value is -4.74. The summed E-state index contributed by atoms with van der Waals surface area (Å²) in [6.07, 6.45) is 3.67. The first kappa shape index (κ1) is 33.2. The van der Waals surface area contributed by atoms with Gasteiger partial charge in [0.05, 0.1) is 12.6 Å². The molecule has 2 N–H and O–H groups in total. The molecule has 4 rings (SSSR count). The number of likely N-dealkylation sites (tertiary alicyclic amines) is 1. The first-order valence-corrected chi connectivity index (χ1v) is 15.1. The van der Waals surface area contributed by atoms with Gasteiger partial charge in [-0.05, 0) is 63.8 Å². The zero-order valence-corrected chi connectivity index (χ0v) is 26.3. The summed E-state index contributed by atoms with van der Waals surface area (Å²) in [4.78, 5) is 72.3. The number of hydrogen-bond donors (Lipinski definition) is 2. The van der Waals surface area contributed by atoms with Gasteiger partial charge in [0.1, 0.15) is 47.4 Å². The number of carbonyl (C=O) groups is 5. The number of para-hydroxylation sites is 1. The monoisotopic (exact) mass is 619 g/mol. The topological polar surface area (TPSA) is 148 Å². The summed E-state index contributed by atoms with van der Waals surface area (Å²) in [6.45, 7) is 8.67. The number of carbonyl (C=O) groups excluding carboxylic acids is 5. The third-order valence-electron chi connectivity index (χ3n) is 7.33. The van der Waals surface area contributed by atoms with Gasteiger partial charge in [0.2, 0.25) is 11.8 Å². The second-order valence-corrected chi connectivity index (χ2v) is 12.4. The van der Waals surface area contributed by atoms with E-state index in [1.807, 2.05) is 26.0 Å². The molecule has 1 aliphatic heterocycles. The number of pyridine rings is 1. The Balaban J connectivity index is 1.47. The van der Waals surface area contributed by atoms with Crippen LogP contribution in [-0.2, 0) is 23.9 Å². The fourth-order valence-corrected chi connectivity index (χ4v) is 5.15. The van der Waals surface area contributed by atoms with Crippen molar-refractivity contribution in [3.63, 3.8) is 0 Å². The van der Waals surface area contributed by atoms with Crippen molar-refractivity contribution in [3.8, 4) is 5.75 Å². The summed E-state index contributed by atoms with van der Waals surface area (Å²) in [5.41, 5.74) is 0.0839. The van der Waals surface area contributed by atoms with Crippen molar-refractivity contribution in [1.29, 1.82) is 0 Å². The summed E-state index contributed by atoms with van der Waals surface area (Å²) in [5.74, 6) is -2.45. The smallest absolute Gasteiger partial charge is 0.308 e. The van der Waals surface area contributed by atoms with E-state index in [9.17, 15) is 24.0 Å².